The largest absolute Gasteiger partial charge is 0.384 e. The molecule has 3 aromatic rings. The van der Waals surface area contributed by atoms with E-state index >= 15 is 0 Å². The van der Waals surface area contributed by atoms with Crippen LogP contribution in [0.15, 0.2) is 33.9 Å². The number of morpholine rings is 1. The predicted molar refractivity (Wildman–Crippen MR) is 109 cm³/mol. The van der Waals surface area contributed by atoms with Crippen LogP contribution in [-0.2, 0) is 18.8 Å². The van der Waals surface area contributed by atoms with Crippen molar-refractivity contribution < 1.29 is 4.74 Å². The molecule has 1 aliphatic rings. The Kier molecular flexibility index (Phi) is 5.36. The minimum Gasteiger partial charge on any atom is -0.384 e. The summed E-state index contributed by atoms with van der Waals surface area (Å²) in [5.74, 6) is 0.341. The van der Waals surface area contributed by atoms with E-state index in [2.05, 4.69) is 25.4 Å². The first-order chi connectivity index (χ1) is 14.0. The molecule has 0 aliphatic carbocycles. The Morgan fingerprint density at radius 2 is 1.76 bits per heavy atom. The Balaban J connectivity index is 1.50. The Bertz CT molecular complexity index is 1130. The molecule has 152 valence electrons. The van der Waals surface area contributed by atoms with Crippen molar-refractivity contribution in [3.05, 3.63) is 45.1 Å². The van der Waals surface area contributed by atoms with Gasteiger partial charge in [0.05, 0.1) is 13.2 Å². The summed E-state index contributed by atoms with van der Waals surface area (Å²) in [6.45, 7) is 5.34. The van der Waals surface area contributed by atoms with Gasteiger partial charge in [0, 0.05) is 51.5 Å². The van der Waals surface area contributed by atoms with E-state index in [1.807, 2.05) is 24.3 Å². The molecule has 0 spiro atoms. The lowest BCUT2D eigenvalue weighted by molar-refractivity contribution is 0.0398. The molecule has 3 heterocycles. The van der Waals surface area contributed by atoms with E-state index in [1.165, 1.54) is 18.7 Å². The van der Waals surface area contributed by atoms with Crippen molar-refractivity contribution in [1.82, 2.24) is 29.2 Å². The molecular formula is C19H23N7O3. The van der Waals surface area contributed by atoms with Gasteiger partial charge in [-0.3, -0.25) is 18.8 Å². The summed E-state index contributed by atoms with van der Waals surface area (Å²) < 4.78 is 7.64. The number of fused-ring (bicyclic) bond motifs is 1. The van der Waals surface area contributed by atoms with Crippen molar-refractivity contribution in [2.24, 2.45) is 14.1 Å². The van der Waals surface area contributed by atoms with Gasteiger partial charge in [-0.25, -0.2) is 9.78 Å². The maximum Gasteiger partial charge on any atom is 0.332 e. The number of aromatic nitrogens is 5. The van der Waals surface area contributed by atoms with Gasteiger partial charge in [0.1, 0.15) is 0 Å². The van der Waals surface area contributed by atoms with Crippen LogP contribution in [0, 0.1) is 0 Å². The molecule has 1 aliphatic heterocycles. The van der Waals surface area contributed by atoms with Crippen LogP contribution in [0.25, 0.3) is 22.6 Å². The molecule has 1 fully saturated rings. The smallest absolute Gasteiger partial charge is 0.332 e. The fourth-order valence-electron chi connectivity index (χ4n) is 3.29. The normalized spacial score (nSPS) is 15.0. The summed E-state index contributed by atoms with van der Waals surface area (Å²) in [5.41, 5.74) is 1.08. The minimum atomic E-state index is -0.486. The van der Waals surface area contributed by atoms with Crippen molar-refractivity contribution in [2.45, 2.75) is 0 Å². The summed E-state index contributed by atoms with van der Waals surface area (Å²) in [6.07, 6.45) is 0. The van der Waals surface area contributed by atoms with Crippen LogP contribution in [0.2, 0.25) is 0 Å². The van der Waals surface area contributed by atoms with E-state index in [4.69, 9.17) is 4.74 Å². The lowest BCUT2D eigenvalue weighted by atomic mass is 10.2. The molecule has 4 rings (SSSR count). The Hall–Kier alpha value is -3.11. The Labute approximate surface area is 166 Å². The fourth-order valence-corrected chi connectivity index (χ4v) is 3.29. The highest BCUT2D eigenvalue weighted by molar-refractivity contribution is 5.71. The zero-order valence-corrected chi connectivity index (χ0v) is 16.5. The highest BCUT2D eigenvalue weighted by atomic mass is 16.5. The topological polar surface area (TPSA) is 107 Å². The van der Waals surface area contributed by atoms with E-state index in [9.17, 15) is 9.59 Å². The van der Waals surface area contributed by atoms with E-state index in [1.54, 1.807) is 0 Å². The molecule has 10 nitrogen and oxygen atoms in total. The van der Waals surface area contributed by atoms with Gasteiger partial charge in [-0.2, -0.15) is 0 Å². The second-order valence-corrected chi connectivity index (χ2v) is 6.97. The first-order valence-electron chi connectivity index (χ1n) is 9.49. The molecule has 0 bridgehead atoms. The Morgan fingerprint density at radius 1 is 1.03 bits per heavy atom. The third-order valence-corrected chi connectivity index (χ3v) is 5.07. The number of rotatable bonds is 5. The molecule has 0 amide bonds. The molecule has 1 saturated heterocycles. The number of aryl methyl sites for hydroxylation is 1. The average Bonchev–Trinajstić information content (AvgIpc) is 2.77. The van der Waals surface area contributed by atoms with Gasteiger partial charge in [-0.15, -0.1) is 10.2 Å². The van der Waals surface area contributed by atoms with E-state index in [0.29, 0.717) is 5.82 Å². The van der Waals surface area contributed by atoms with Crippen molar-refractivity contribution in [3.63, 3.8) is 0 Å². The highest BCUT2D eigenvalue weighted by Crippen LogP contribution is 2.18. The molecule has 0 unspecified atom stereocenters. The van der Waals surface area contributed by atoms with Crippen LogP contribution in [0.4, 0.5) is 5.69 Å². The maximum atomic E-state index is 12.4. The maximum absolute atomic E-state index is 12.4. The first-order valence-corrected chi connectivity index (χ1v) is 9.49. The monoisotopic (exact) mass is 397 g/mol. The van der Waals surface area contributed by atoms with E-state index < -0.39 is 11.2 Å². The quantitative estimate of drug-likeness (QED) is 0.633. The van der Waals surface area contributed by atoms with Crippen molar-refractivity contribution in [2.75, 3.05) is 44.7 Å². The SMILES string of the molecule is Cn1c(=O)c2nc(-c3ccc(NCCN4CCOCC4)cc3)nnc2n(C)c1=O. The third-order valence-electron chi connectivity index (χ3n) is 5.07. The van der Waals surface area contributed by atoms with Crippen LogP contribution in [0.1, 0.15) is 0 Å². The molecular weight excluding hydrogens is 374 g/mol. The van der Waals surface area contributed by atoms with Crippen molar-refractivity contribution in [1.29, 1.82) is 0 Å². The van der Waals surface area contributed by atoms with E-state index in [0.717, 1.165) is 55.2 Å². The molecule has 1 aromatic carbocycles. The summed E-state index contributed by atoms with van der Waals surface area (Å²) in [6, 6.07) is 7.65. The lowest BCUT2D eigenvalue weighted by Crippen LogP contribution is -2.38. The molecule has 0 saturated carbocycles. The van der Waals surface area contributed by atoms with Crippen molar-refractivity contribution >= 4 is 16.9 Å². The van der Waals surface area contributed by atoms with Crippen LogP contribution >= 0.6 is 0 Å². The second-order valence-electron chi connectivity index (χ2n) is 6.97. The molecule has 29 heavy (non-hydrogen) atoms. The van der Waals surface area contributed by atoms with Crippen LogP contribution in [-0.4, -0.2) is 68.6 Å². The summed E-state index contributed by atoms with van der Waals surface area (Å²) >= 11 is 0. The number of anilines is 1. The standard InChI is InChI=1S/C19H23N7O3/c1-24-17-15(18(27)25(2)19(24)28)21-16(22-23-17)13-3-5-14(6-4-13)20-7-8-26-9-11-29-12-10-26/h3-6,20H,7-12H2,1-2H3. The van der Waals surface area contributed by atoms with Gasteiger partial charge in [0.25, 0.3) is 5.56 Å². The number of nitrogens with zero attached hydrogens (tertiary/aromatic N) is 6. The third kappa shape index (κ3) is 3.89. The van der Waals surface area contributed by atoms with Gasteiger partial charge < -0.3 is 10.1 Å². The van der Waals surface area contributed by atoms with Gasteiger partial charge >= 0.3 is 5.69 Å². The predicted octanol–water partition coefficient (Wildman–Crippen LogP) is -0.167. The second kappa shape index (κ2) is 8.10. The molecule has 0 radical (unpaired) electrons. The highest BCUT2D eigenvalue weighted by Gasteiger charge is 2.14. The van der Waals surface area contributed by atoms with Crippen molar-refractivity contribution in [3.8, 4) is 11.4 Å². The van der Waals surface area contributed by atoms with E-state index in [-0.39, 0.29) is 11.2 Å². The van der Waals surface area contributed by atoms with Gasteiger partial charge in [0.2, 0.25) is 0 Å². The van der Waals surface area contributed by atoms with Crippen LogP contribution in [0.3, 0.4) is 0 Å². The molecule has 0 atom stereocenters. The number of benzene rings is 1. The zero-order chi connectivity index (χ0) is 20.4. The molecule has 1 N–H and O–H groups in total. The lowest BCUT2D eigenvalue weighted by Gasteiger charge is -2.26. The zero-order valence-electron chi connectivity index (χ0n) is 16.5. The average molecular weight is 397 g/mol. The molecule has 10 heteroatoms. The number of nitrogens with one attached hydrogen (secondary N) is 1. The van der Waals surface area contributed by atoms with Gasteiger partial charge in [-0.05, 0) is 24.3 Å². The number of hydrogen-bond donors (Lipinski definition) is 1. The van der Waals surface area contributed by atoms with Gasteiger partial charge in [0.15, 0.2) is 17.0 Å². The van der Waals surface area contributed by atoms with Crippen LogP contribution < -0.4 is 16.6 Å². The first kappa shape index (κ1) is 19.2. The summed E-state index contributed by atoms with van der Waals surface area (Å²) in [4.78, 5) is 31.1. The minimum absolute atomic E-state index is 0.118. The number of hydrogen-bond acceptors (Lipinski definition) is 8. The molecule has 2 aromatic heterocycles. The number of ether oxygens (including phenoxy) is 1. The summed E-state index contributed by atoms with van der Waals surface area (Å²) in [5, 5.41) is 11.5. The van der Waals surface area contributed by atoms with Gasteiger partial charge in [-0.1, -0.05) is 0 Å². The fraction of sp³-hybridized carbons (Fsp3) is 0.421. The van der Waals surface area contributed by atoms with Crippen LogP contribution in [0.5, 0.6) is 0 Å². The summed E-state index contributed by atoms with van der Waals surface area (Å²) in [7, 11) is 2.96. The Morgan fingerprint density at radius 3 is 2.48 bits per heavy atom.